The Labute approximate surface area is 90.1 Å². The summed E-state index contributed by atoms with van der Waals surface area (Å²) in [6, 6.07) is 4.61. The minimum absolute atomic E-state index is 0. The van der Waals surface area contributed by atoms with E-state index in [1.807, 2.05) is 0 Å². The molecule has 0 aliphatic rings. The minimum Gasteiger partial charge on any atom is -0.545 e. The molecule has 0 saturated carbocycles. The van der Waals surface area contributed by atoms with Gasteiger partial charge in [0, 0.05) is 0 Å². The van der Waals surface area contributed by atoms with Crippen LogP contribution in [0.3, 0.4) is 0 Å². The maximum Gasteiger partial charge on any atom is 3.00 e. The summed E-state index contributed by atoms with van der Waals surface area (Å²) in [4.78, 5) is 20.4. The number of carbonyl (C=O) groups excluding carboxylic acids is 2. The van der Waals surface area contributed by atoms with Crippen LogP contribution in [0.1, 0.15) is 20.7 Å². The second kappa shape index (κ2) is 6.15. The van der Waals surface area contributed by atoms with Gasteiger partial charge in [0.25, 0.3) is 0 Å². The Morgan fingerprint density at radius 3 is 1.21 bits per heavy atom. The molecule has 14 heavy (non-hydrogen) atoms. The molecule has 1 aromatic carbocycles. The van der Waals surface area contributed by atoms with Crippen molar-refractivity contribution >= 4 is 11.9 Å². The van der Waals surface area contributed by atoms with E-state index in [9.17, 15) is 19.8 Å². The van der Waals surface area contributed by atoms with Gasteiger partial charge in [0.05, 0.1) is 11.9 Å². The monoisotopic (exact) mass is 238 g/mol. The van der Waals surface area contributed by atoms with Crippen LogP contribution in [0.25, 0.3) is 0 Å². The van der Waals surface area contributed by atoms with Crippen molar-refractivity contribution in [2.75, 3.05) is 0 Å². The molecule has 0 saturated heterocycles. The summed E-state index contributed by atoms with van der Waals surface area (Å²) in [6.45, 7) is 0. The van der Waals surface area contributed by atoms with Crippen molar-refractivity contribution in [1.82, 2.24) is 0 Å². The Bertz CT molecular complexity index is 286. The fourth-order valence-electron chi connectivity index (χ4n) is 0.742. The van der Waals surface area contributed by atoms with E-state index in [0.717, 1.165) is 24.3 Å². The van der Waals surface area contributed by atoms with E-state index in [2.05, 4.69) is 0 Å². The molecule has 0 heterocycles. The van der Waals surface area contributed by atoms with Crippen molar-refractivity contribution in [3.05, 3.63) is 35.4 Å². The predicted molar refractivity (Wildman–Crippen MR) is 38.7 cm³/mol. The van der Waals surface area contributed by atoms with Crippen LogP contribution in [-0.4, -0.2) is 17.4 Å². The van der Waals surface area contributed by atoms with Crippen LogP contribution in [0.15, 0.2) is 24.3 Å². The van der Waals surface area contributed by atoms with E-state index >= 15 is 0 Å². The minimum atomic E-state index is -1.33. The molecule has 0 aliphatic heterocycles. The molecule has 0 aliphatic carbocycles. The van der Waals surface area contributed by atoms with Gasteiger partial charge in [-0.3, -0.25) is 0 Å². The molecule has 1 radical (unpaired) electrons. The number of hydrogen-bond donors (Lipinski definition) is 0. The zero-order chi connectivity index (χ0) is 9.14. The smallest absolute Gasteiger partial charge is 0.545 e. The average molecular weight is 238 g/mol. The van der Waals surface area contributed by atoms with Gasteiger partial charge in [-0.05, 0) is 11.1 Å². The molecule has 0 unspecified atom stereocenters. The summed E-state index contributed by atoms with van der Waals surface area (Å²) < 4.78 is 0. The molecular formula is C8H6FeO5+. The van der Waals surface area contributed by atoms with Crippen molar-refractivity contribution in [3.8, 4) is 0 Å². The number of aromatic carboxylic acids is 2. The second-order valence-corrected chi connectivity index (χ2v) is 2.15. The average Bonchev–Trinajstić information content (AvgIpc) is 2.04. The van der Waals surface area contributed by atoms with Crippen molar-refractivity contribution in [3.63, 3.8) is 0 Å². The van der Waals surface area contributed by atoms with Crippen LogP contribution in [0, 0.1) is 0 Å². The largest absolute Gasteiger partial charge is 3.00 e. The first-order valence-corrected chi connectivity index (χ1v) is 3.14. The topological polar surface area (TPSA) is 112 Å². The van der Waals surface area contributed by atoms with Crippen LogP contribution < -0.4 is 10.2 Å². The Balaban J connectivity index is 0. The third-order valence-electron chi connectivity index (χ3n) is 1.36. The predicted octanol–water partition coefficient (Wildman–Crippen LogP) is -2.41. The van der Waals surface area contributed by atoms with Crippen molar-refractivity contribution in [2.24, 2.45) is 0 Å². The van der Waals surface area contributed by atoms with E-state index in [1.54, 1.807) is 0 Å². The van der Waals surface area contributed by atoms with Crippen molar-refractivity contribution in [2.45, 2.75) is 0 Å². The van der Waals surface area contributed by atoms with Crippen LogP contribution in [0.4, 0.5) is 0 Å². The summed E-state index contributed by atoms with van der Waals surface area (Å²) in [7, 11) is 0. The van der Waals surface area contributed by atoms with Crippen molar-refractivity contribution in [1.29, 1.82) is 0 Å². The number of hydrogen-bond acceptors (Lipinski definition) is 4. The summed E-state index contributed by atoms with van der Waals surface area (Å²) in [5.41, 5.74) is -0.111. The summed E-state index contributed by atoms with van der Waals surface area (Å²) in [5, 5.41) is 20.4. The van der Waals surface area contributed by atoms with Gasteiger partial charge in [-0.15, -0.1) is 0 Å². The molecule has 0 amide bonds. The molecule has 0 aromatic heterocycles. The normalized spacial score (nSPS) is 8.00. The van der Waals surface area contributed by atoms with Crippen LogP contribution >= 0.6 is 0 Å². The molecule has 75 valence electrons. The standard InChI is InChI=1S/C8H6O4.Fe.H2O/c9-7(10)5-1-2-6(4-3-5)8(11)12;;/h1-4H,(H,9,10)(H,11,12);;1H2/q;+3;/p-2. The third-order valence-corrected chi connectivity index (χ3v) is 1.36. The fraction of sp³-hybridized carbons (Fsp3) is 0. The molecule has 0 spiro atoms. The molecule has 2 N–H and O–H groups in total. The van der Waals surface area contributed by atoms with Crippen LogP contribution in [-0.2, 0) is 17.1 Å². The molecule has 1 rings (SSSR count). The number of carboxylic acid groups (broad SMARTS) is 2. The first kappa shape index (κ1) is 15.1. The molecular weight excluding hydrogens is 232 g/mol. The van der Waals surface area contributed by atoms with Gasteiger partial charge in [-0.1, -0.05) is 24.3 Å². The Kier molecular flexibility index (Phi) is 6.64. The van der Waals surface area contributed by atoms with Crippen LogP contribution in [0.5, 0.6) is 0 Å². The maximum absolute atomic E-state index is 10.2. The van der Waals surface area contributed by atoms with Crippen molar-refractivity contribution < 1.29 is 42.3 Å². The zero-order valence-corrected chi connectivity index (χ0v) is 7.90. The Hall–Kier alpha value is -1.36. The summed E-state index contributed by atoms with van der Waals surface area (Å²) in [5.74, 6) is -2.67. The SMILES string of the molecule is O.O=C([O-])c1ccc(C(=O)[O-])cc1.[Fe+3]. The first-order chi connectivity index (χ1) is 5.61. The zero-order valence-electron chi connectivity index (χ0n) is 6.80. The van der Waals surface area contributed by atoms with E-state index in [-0.39, 0.29) is 33.7 Å². The Morgan fingerprint density at radius 2 is 1.07 bits per heavy atom. The van der Waals surface area contributed by atoms with Gasteiger partial charge in [-0.2, -0.15) is 0 Å². The quantitative estimate of drug-likeness (QED) is 0.533. The molecule has 6 heteroatoms. The van der Waals surface area contributed by atoms with E-state index < -0.39 is 11.9 Å². The molecule has 0 fully saturated rings. The molecule has 1 aromatic rings. The molecule has 0 bridgehead atoms. The number of carbonyl (C=O) groups is 2. The first-order valence-electron chi connectivity index (χ1n) is 3.14. The van der Waals surface area contributed by atoms with E-state index in [4.69, 9.17) is 0 Å². The van der Waals surface area contributed by atoms with Crippen LogP contribution in [0.2, 0.25) is 0 Å². The number of rotatable bonds is 2. The van der Waals surface area contributed by atoms with E-state index in [0.29, 0.717) is 0 Å². The maximum atomic E-state index is 10.2. The number of benzene rings is 1. The molecule has 5 nitrogen and oxygen atoms in total. The van der Waals surface area contributed by atoms with Gasteiger partial charge in [-0.25, -0.2) is 0 Å². The van der Waals surface area contributed by atoms with Gasteiger partial charge in [0.15, 0.2) is 0 Å². The summed E-state index contributed by atoms with van der Waals surface area (Å²) in [6.07, 6.45) is 0. The van der Waals surface area contributed by atoms with Gasteiger partial charge >= 0.3 is 17.1 Å². The number of carboxylic acids is 2. The van der Waals surface area contributed by atoms with Gasteiger partial charge in [0.2, 0.25) is 0 Å². The second-order valence-electron chi connectivity index (χ2n) is 2.15. The summed E-state index contributed by atoms with van der Waals surface area (Å²) >= 11 is 0. The fourth-order valence-corrected chi connectivity index (χ4v) is 0.742. The Morgan fingerprint density at radius 1 is 0.857 bits per heavy atom. The molecule has 0 atom stereocenters. The third kappa shape index (κ3) is 3.57. The van der Waals surface area contributed by atoms with Gasteiger partial charge < -0.3 is 25.3 Å². The van der Waals surface area contributed by atoms with E-state index in [1.165, 1.54) is 0 Å². The van der Waals surface area contributed by atoms with Gasteiger partial charge in [0.1, 0.15) is 0 Å².